The van der Waals surface area contributed by atoms with Crippen LogP contribution in [0.2, 0.25) is 0 Å². The van der Waals surface area contributed by atoms with Crippen LogP contribution in [0.1, 0.15) is 22.4 Å². The van der Waals surface area contributed by atoms with E-state index >= 15 is 0 Å². The number of allylic oxidation sites excluding steroid dienone is 4. The summed E-state index contributed by atoms with van der Waals surface area (Å²) in [6.07, 6.45) is 9.31. The molecular weight excluding hydrogens is 232 g/mol. The van der Waals surface area contributed by atoms with Crippen molar-refractivity contribution in [2.45, 2.75) is 11.3 Å². The van der Waals surface area contributed by atoms with Crippen molar-refractivity contribution < 1.29 is 4.79 Å². The van der Waals surface area contributed by atoms with Crippen LogP contribution in [0, 0.1) is 11.8 Å². The van der Waals surface area contributed by atoms with Crippen LogP contribution >= 0.6 is 11.6 Å². The SMILES string of the molecule is O=C[C@@H]1c2ccccc2[C@@H](Cl)[C@H]2C=CC=C[C@@H]21. The number of carbonyl (C=O) groups excluding carboxylic acids is 1. The van der Waals surface area contributed by atoms with Gasteiger partial charge in [-0.1, -0.05) is 48.6 Å². The van der Waals surface area contributed by atoms with Gasteiger partial charge in [0.2, 0.25) is 0 Å². The van der Waals surface area contributed by atoms with Crippen LogP contribution in [-0.4, -0.2) is 6.29 Å². The zero-order valence-corrected chi connectivity index (χ0v) is 10.0. The number of benzene rings is 1. The molecule has 0 unspecified atom stereocenters. The van der Waals surface area contributed by atoms with E-state index in [0.717, 1.165) is 17.4 Å². The Hall–Kier alpha value is -1.34. The summed E-state index contributed by atoms with van der Waals surface area (Å²) in [7, 11) is 0. The molecule has 4 atom stereocenters. The van der Waals surface area contributed by atoms with Crippen molar-refractivity contribution in [2.75, 3.05) is 0 Å². The Morgan fingerprint density at radius 3 is 2.35 bits per heavy atom. The molecule has 0 heterocycles. The van der Waals surface area contributed by atoms with Gasteiger partial charge in [-0.05, 0) is 17.0 Å². The summed E-state index contributed by atoms with van der Waals surface area (Å²) in [6.45, 7) is 0. The van der Waals surface area contributed by atoms with Crippen LogP contribution in [0.4, 0.5) is 0 Å². The molecule has 3 rings (SSSR count). The Bertz CT molecular complexity index is 503. The van der Waals surface area contributed by atoms with Gasteiger partial charge in [-0.25, -0.2) is 0 Å². The third-order valence-corrected chi connectivity index (χ3v) is 4.30. The van der Waals surface area contributed by atoms with Crippen molar-refractivity contribution in [1.29, 1.82) is 0 Å². The fraction of sp³-hybridized carbons (Fsp3) is 0.267. The quantitative estimate of drug-likeness (QED) is 0.545. The molecule has 0 amide bonds. The molecule has 2 aliphatic rings. The minimum atomic E-state index is -0.0626. The van der Waals surface area contributed by atoms with E-state index in [0.29, 0.717) is 0 Å². The average molecular weight is 245 g/mol. The number of hydrogen-bond donors (Lipinski definition) is 0. The van der Waals surface area contributed by atoms with E-state index in [4.69, 9.17) is 11.6 Å². The molecule has 0 aliphatic heterocycles. The Morgan fingerprint density at radius 1 is 1.00 bits per heavy atom. The third kappa shape index (κ3) is 1.57. The Labute approximate surface area is 106 Å². The first-order valence-corrected chi connectivity index (χ1v) is 6.30. The second kappa shape index (κ2) is 4.15. The predicted octanol–water partition coefficient (Wildman–Crippen LogP) is 3.62. The second-order valence-electron chi connectivity index (χ2n) is 4.62. The van der Waals surface area contributed by atoms with Crippen molar-refractivity contribution in [3.05, 3.63) is 59.7 Å². The lowest BCUT2D eigenvalue weighted by Crippen LogP contribution is -2.30. The van der Waals surface area contributed by atoms with Crippen molar-refractivity contribution in [3.63, 3.8) is 0 Å². The monoisotopic (exact) mass is 244 g/mol. The molecule has 1 aromatic rings. The van der Waals surface area contributed by atoms with E-state index in [-0.39, 0.29) is 23.1 Å². The highest BCUT2D eigenvalue weighted by molar-refractivity contribution is 6.21. The molecule has 17 heavy (non-hydrogen) atoms. The molecule has 0 bridgehead atoms. The summed E-state index contributed by atoms with van der Waals surface area (Å²) >= 11 is 6.54. The zero-order valence-electron chi connectivity index (χ0n) is 9.29. The van der Waals surface area contributed by atoms with Crippen molar-refractivity contribution in [1.82, 2.24) is 0 Å². The van der Waals surface area contributed by atoms with Crippen LogP contribution in [-0.2, 0) is 4.79 Å². The molecule has 0 radical (unpaired) electrons. The maximum atomic E-state index is 11.4. The van der Waals surface area contributed by atoms with E-state index in [2.05, 4.69) is 12.2 Å². The molecule has 0 spiro atoms. The van der Waals surface area contributed by atoms with Crippen LogP contribution in [0.3, 0.4) is 0 Å². The van der Waals surface area contributed by atoms with Crippen molar-refractivity contribution in [2.24, 2.45) is 11.8 Å². The summed E-state index contributed by atoms with van der Waals surface area (Å²) in [5.74, 6) is 0.370. The molecule has 1 nitrogen and oxygen atoms in total. The second-order valence-corrected chi connectivity index (χ2v) is 5.09. The lowest BCUT2D eigenvalue weighted by molar-refractivity contribution is -0.110. The largest absolute Gasteiger partial charge is 0.303 e. The highest BCUT2D eigenvalue weighted by atomic mass is 35.5. The summed E-state index contributed by atoms with van der Waals surface area (Å²) in [6, 6.07) is 8.01. The van der Waals surface area contributed by atoms with Gasteiger partial charge in [0.1, 0.15) is 6.29 Å². The predicted molar refractivity (Wildman–Crippen MR) is 69.1 cm³/mol. The van der Waals surface area contributed by atoms with Gasteiger partial charge in [-0.15, -0.1) is 11.6 Å². The van der Waals surface area contributed by atoms with Crippen LogP contribution in [0.5, 0.6) is 0 Å². The summed E-state index contributed by atoms with van der Waals surface area (Å²) in [4.78, 5) is 11.4. The minimum absolute atomic E-state index is 0.0337. The summed E-state index contributed by atoms with van der Waals surface area (Å²) < 4.78 is 0. The number of carbonyl (C=O) groups is 1. The van der Waals surface area contributed by atoms with Gasteiger partial charge >= 0.3 is 0 Å². The number of aldehydes is 1. The number of rotatable bonds is 1. The van der Waals surface area contributed by atoms with Gasteiger partial charge in [-0.2, -0.15) is 0 Å². The number of fused-ring (bicyclic) bond motifs is 2. The van der Waals surface area contributed by atoms with Gasteiger partial charge in [0.25, 0.3) is 0 Å². The van der Waals surface area contributed by atoms with Crippen LogP contribution in [0.25, 0.3) is 0 Å². The first-order chi connectivity index (χ1) is 8.33. The van der Waals surface area contributed by atoms with Crippen molar-refractivity contribution >= 4 is 17.9 Å². The first-order valence-electron chi connectivity index (χ1n) is 5.86. The summed E-state index contributed by atoms with van der Waals surface area (Å²) in [5, 5.41) is -0.0337. The number of halogens is 1. The fourth-order valence-corrected chi connectivity index (χ4v) is 3.39. The third-order valence-electron chi connectivity index (χ3n) is 3.77. The standard InChI is InChI=1S/C15H13ClO/c16-15-12-7-3-1-5-10(12)14(9-17)11-6-2-4-8-13(11)15/h1-10,12,14-15H/t10-,12-,14-,15-/m0/s1. The molecule has 0 aromatic heterocycles. The molecule has 0 saturated carbocycles. The normalized spacial score (nSPS) is 33.9. The molecular formula is C15H13ClO. The van der Waals surface area contributed by atoms with E-state index in [1.54, 1.807) is 0 Å². The number of hydrogen-bond acceptors (Lipinski definition) is 1. The average Bonchev–Trinajstić information content (AvgIpc) is 2.40. The highest BCUT2D eigenvalue weighted by Gasteiger charge is 2.39. The van der Waals surface area contributed by atoms with Gasteiger partial charge in [0.05, 0.1) is 5.38 Å². The molecule has 0 saturated heterocycles. The van der Waals surface area contributed by atoms with E-state index in [1.807, 2.05) is 36.4 Å². The zero-order chi connectivity index (χ0) is 11.8. The maximum Gasteiger partial charge on any atom is 0.128 e. The van der Waals surface area contributed by atoms with Crippen LogP contribution < -0.4 is 0 Å². The molecule has 2 heteroatoms. The maximum absolute atomic E-state index is 11.4. The Kier molecular flexibility index (Phi) is 2.64. The van der Waals surface area contributed by atoms with Gasteiger partial charge in [0, 0.05) is 11.8 Å². The molecule has 2 aliphatic carbocycles. The Morgan fingerprint density at radius 2 is 1.65 bits per heavy atom. The van der Waals surface area contributed by atoms with Gasteiger partial charge in [-0.3, -0.25) is 0 Å². The van der Waals surface area contributed by atoms with Gasteiger partial charge < -0.3 is 4.79 Å². The number of alkyl halides is 1. The van der Waals surface area contributed by atoms with E-state index in [9.17, 15) is 4.79 Å². The van der Waals surface area contributed by atoms with Crippen molar-refractivity contribution in [3.8, 4) is 0 Å². The molecule has 86 valence electrons. The minimum Gasteiger partial charge on any atom is -0.303 e. The lowest BCUT2D eigenvalue weighted by Gasteiger charge is -2.38. The van der Waals surface area contributed by atoms with E-state index in [1.165, 1.54) is 0 Å². The first kappa shape index (κ1) is 10.8. The summed E-state index contributed by atoms with van der Waals surface area (Å²) in [5.41, 5.74) is 2.19. The highest BCUT2D eigenvalue weighted by Crippen LogP contribution is 2.49. The van der Waals surface area contributed by atoms with E-state index < -0.39 is 0 Å². The van der Waals surface area contributed by atoms with Gasteiger partial charge in [0.15, 0.2) is 0 Å². The molecule has 1 aromatic carbocycles. The fourth-order valence-electron chi connectivity index (χ4n) is 2.94. The molecule has 0 fully saturated rings. The smallest absolute Gasteiger partial charge is 0.128 e. The lowest BCUT2D eigenvalue weighted by atomic mass is 9.68. The Balaban J connectivity index is 2.16. The van der Waals surface area contributed by atoms with Crippen LogP contribution in [0.15, 0.2) is 48.6 Å². The molecule has 0 N–H and O–H groups in total. The topological polar surface area (TPSA) is 17.1 Å².